The van der Waals surface area contributed by atoms with Gasteiger partial charge in [-0.05, 0) is 5.92 Å². The summed E-state index contributed by atoms with van der Waals surface area (Å²) in [5.74, 6) is -3.64. The molecule has 3 aliphatic rings. The molecule has 0 N–H and O–H groups in total. The largest absolute Gasteiger partial charge is 0.352 e. The monoisotopic (exact) mass is 279 g/mol. The van der Waals surface area contributed by atoms with Crippen LogP contribution in [0.3, 0.4) is 0 Å². The highest BCUT2D eigenvalue weighted by Crippen LogP contribution is 2.54. The van der Waals surface area contributed by atoms with E-state index in [9.17, 15) is 13.6 Å². The molecule has 0 aromatic heterocycles. The number of amides is 1. The van der Waals surface area contributed by atoms with Crippen molar-refractivity contribution in [1.29, 1.82) is 0 Å². The number of hydrogen-bond donors (Lipinski definition) is 0. The Balaban J connectivity index is 1.65. The van der Waals surface area contributed by atoms with Crippen LogP contribution in [-0.2, 0) is 9.53 Å². The van der Waals surface area contributed by atoms with Gasteiger partial charge in [-0.15, -0.1) is 0 Å². The number of nitrogens with zero attached hydrogens (tertiary/aromatic N) is 1. The molecule has 0 bridgehead atoms. The number of benzene rings is 1. The van der Waals surface area contributed by atoms with Gasteiger partial charge in [0.15, 0.2) is 6.23 Å². The van der Waals surface area contributed by atoms with Gasteiger partial charge in [0.25, 0.3) is 0 Å². The van der Waals surface area contributed by atoms with Gasteiger partial charge < -0.3 is 9.64 Å². The SMILES string of the molecule is O=C1C2CC(F)(F)C[C@@H]2C2CO[C@@H](c3ccccc3)N12. The molecule has 5 heteroatoms. The van der Waals surface area contributed by atoms with Crippen LogP contribution >= 0.6 is 0 Å². The van der Waals surface area contributed by atoms with Gasteiger partial charge in [-0.3, -0.25) is 4.79 Å². The van der Waals surface area contributed by atoms with E-state index in [0.717, 1.165) is 5.56 Å². The third-order valence-corrected chi connectivity index (χ3v) is 4.76. The zero-order valence-electron chi connectivity index (χ0n) is 10.8. The molecule has 0 radical (unpaired) electrons. The fourth-order valence-electron chi connectivity index (χ4n) is 3.92. The summed E-state index contributed by atoms with van der Waals surface area (Å²) in [6, 6.07) is 9.30. The lowest BCUT2D eigenvalue weighted by atomic mass is 9.94. The maximum atomic E-state index is 13.5. The zero-order chi connectivity index (χ0) is 13.9. The number of hydrogen-bond acceptors (Lipinski definition) is 2. The van der Waals surface area contributed by atoms with Gasteiger partial charge in [0.2, 0.25) is 11.8 Å². The summed E-state index contributed by atoms with van der Waals surface area (Å²) in [6.45, 7) is 0.364. The molecule has 2 aliphatic heterocycles. The molecule has 2 unspecified atom stereocenters. The Hall–Kier alpha value is -1.49. The summed E-state index contributed by atoms with van der Waals surface area (Å²) in [6.07, 6.45) is -0.895. The summed E-state index contributed by atoms with van der Waals surface area (Å²) in [5.41, 5.74) is 0.912. The lowest BCUT2D eigenvalue weighted by Gasteiger charge is -2.25. The third kappa shape index (κ3) is 1.62. The minimum absolute atomic E-state index is 0.163. The Morgan fingerprint density at radius 1 is 1.20 bits per heavy atom. The minimum atomic E-state index is -2.69. The molecule has 4 atom stereocenters. The predicted octanol–water partition coefficient (Wildman–Crippen LogP) is 2.59. The van der Waals surface area contributed by atoms with Crippen LogP contribution in [0.4, 0.5) is 8.78 Å². The second kappa shape index (κ2) is 4.01. The van der Waals surface area contributed by atoms with Crippen molar-refractivity contribution in [1.82, 2.24) is 4.90 Å². The summed E-state index contributed by atoms with van der Waals surface area (Å²) in [5, 5.41) is 0. The molecule has 106 valence electrons. The molecular formula is C15H15F2NO2. The van der Waals surface area contributed by atoms with Crippen LogP contribution in [0.15, 0.2) is 30.3 Å². The van der Waals surface area contributed by atoms with E-state index in [4.69, 9.17) is 4.74 Å². The summed E-state index contributed by atoms with van der Waals surface area (Å²) < 4.78 is 32.7. The van der Waals surface area contributed by atoms with E-state index in [1.807, 2.05) is 30.3 Å². The smallest absolute Gasteiger partial charge is 0.249 e. The van der Waals surface area contributed by atoms with Gasteiger partial charge in [0, 0.05) is 24.3 Å². The highest BCUT2D eigenvalue weighted by Gasteiger charge is 2.62. The Morgan fingerprint density at radius 2 is 1.95 bits per heavy atom. The Morgan fingerprint density at radius 3 is 2.70 bits per heavy atom. The van der Waals surface area contributed by atoms with E-state index in [-0.39, 0.29) is 30.7 Å². The van der Waals surface area contributed by atoms with E-state index in [1.165, 1.54) is 0 Å². The number of carbonyl (C=O) groups is 1. The van der Waals surface area contributed by atoms with Crippen molar-refractivity contribution >= 4 is 5.91 Å². The molecule has 1 aromatic rings. The van der Waals surface area contributed by atoms with E-state index < -0.39 is 18.1 Å². The van der Waals surface area contributed by atoms with Crippen LogP contribution < -0.4 is 0 Å². The second-order valence-electron chi connectivity index (χ2n) is 5.94. The van der Waals surface area contributed by atoms with Gasteiger partial charge in [0.05, 0.1) is 12.6 Å². The van der Waals surface area contributed by atoms with Crippen molar-refractivity contribution in [3.05, 3.63) is 35.9 Å². The standard InChI is InChI=1S/C15H15F2NO2/c16-15(17)6-10-11(7-15)13(19)18-12(10)8-20-14(18)9-4-2-1-3-5-9/h1-5,10-12,14H,6-8H2/t10-,11?,12?,14-/m0/s1. The summed E-state index contributed by atoms with van der Waals surface area (Å²) >= 11 is 0. The van der Waals surface area contributed by atoms with Crippen LogP contribution in [0.5, 0.6) is 0 Å². The van der Waals surface area contributed by atoms with Crippen molar-refractivity contribution in [3.8, 4) is 0 Å². The van der Waals surface area contributed by atoms with E-state index in [1.54, 1.807) is 4.90 Å². The Labute approximate surface area is 115 Å². The number of carbonyl (C=O) groups excluding carboxylic acids is 1. The van der Waals surface area contributed by atoms with E-state index in [2.05, 4.69) is 0 Å². The minimum Gasteiger partial charge on any atom is -0.352 e. The molecule has 20 heavy (non-hydrogen) atoms. The van der Waals surface area contributed by atoms with Gasteiger partial charge >= 0.3 is 0 Å². The van der Waals surface area contributed by atoms with Crippen molar-refractivity contribution in [2.75, 3.05) is 6.61 Å². The average molecular weight is 279 g/mol. The lowest BCUT2D eigenvalue weighted by Crippen LogP contribution is -2.35. The van der Waals surface area contributed by atoms with Gasteiger partial charge in [-0.25, -0.2) is 8.78 Å². The number of rotatable bonds is 1. The quantitative estimate of drug-likeness (QED) is 0.791. The number of ether oxygens (including phenoxy) is 1. The molecule has 2 saturated heterocycles. The molecule has 1 amide bonds. The molecule has 3 nitrogen and oxygen atoms in total. The second-order valence-corrected chi connectivity index (χ2v) is 5.94. The summed E-state index contributed by atoms with van der Waals surface area (Å²) in [4.78, 5) is 14.1. The average Bonchev–Trinajstić information content (AvgIpc) is 3.04. The van der Waals surface area contributed by atoms with Crippen LogP contribution in [-0.4, -0.2) is 29.4 Å². The molecule has 0 spiro atoms. The van der Waals surface area contributed by atoms with Gasteiger partial charge in [-0.1, -0.05) is 30.3 Å². The van der Waals surface area contributed by atoms with Crippen molar-refractivity contribution < 1.29 is 18.3 Å². The molecule has 1 aliphatic carbocycles. The fraction of sp³-hybridized carbons (Fsp3) is 0.533. The van der Waals surface area contributed by atoms with Gasteiger partial charge in [-0.2, -0.15) is 0 Å². The number of alkyl halides is 2. The van der Waals surface area contributed by atoms with Crippen molar-refractivity contribution in [2.45, 2.75) is 31.0 Å². The predicted molar refractivity (Wildman–Crippen MR) is 66.9 cm³/mol. The molecule has 4 rings (SSSR count). The maximum Gasteiger partial charge on any atom is 0.249 e. The Bertz CT molecular complexity index is 548. The third-order valence-electron chi connectivity index (χ3n) is 4.76. The normalized spacial score (nSPS) is 38.1. The van der Waals surface area contributed by atoms with E-state index in [0.29, 0.717) is 6.61 Å². The van der Waals surface area contributed by atoms with Crippen LogP contribution in [0.2, 0.25) is 0 Å². The van der Waals surface area contributed by atoms with E-state index >= 15 is 0 Å². The molecule has 2 heterocycles. The molecule has 1 saturated carbocycles. The van der Waals surface area contributed by atoms with Crippen molar-refractivity contribution in [2.24, 2.45) is 11.8 Å². The van der Waals surface area contributed by atoms with Crippen LogP contribution in [0.25, 0.3) is 0 Å². The fourth-order valence-corrected chi connectivity index (χ4v) is 3.92. The number of fused-ring (bicyclic) bond motifs is 3. The molecular weight excluding hydrogens is 264 g/mol. The highest BCUT2D eigenvalue weighted by molar-refractivity contribution is 5.83. The van der Waals surface area contributed by atoms with Crippen LogP contribution in [0.1, 0.15) is 24.6 Å². The first-order valence-corrected chi connectivity index (χ1v) is 6.93. The molecule has 1 aromatic carbocycles. The Kier molecular flexibility index (Phi) is 2.46. The van der Waals surface area contributed by atoms with Crippen molar-refractivity contribution in [3.63, 3.8) is 0 Å². The first-order chi connectivity index (χ1) is 9.57. The highest BCUT2D eigenvalue weighted by atomic mass is 19.3. The topological polar surface area (TPSA) is 29.5 Å². The molecule has 3 fully saturated rings. The zero-order valence-corrected chi connectivity index (χ0v) is 10.8. The first kappa shape index (κ1) is 12.3. The van der Waals surface area contributed by atoms with Crippen LogP contribution in [0, 0.1) is 11.8 Å². The number of halogens is 2. The lowest BCUT2D eigenvalue weighted by molar-refractivity contribution is -0.139. The summed E-state index contributed by atoms with van der Waals surface area (Å²) in [7, 11) is 0. The van der Waals surface area contributed by atoms with Gasteiger partial charge in [0.1, 0.15) is 0 Å². The maximum absolute atomic E-state index is 13.5. The first-order valence-electron chi connectivity index (χ1n) is 6.93.